The fourth-order valence-corrected chi connectivity index (χ4v) is 1.82. The number of likely N-dealkylation sites (N-methyl/N-ethyl adjacent to an activating group) is 1. The van der Waals surface area contributed by atoms with Gasteiger partial charge in [-0.05, 0) is 27.3 Å². The van der Waals surface area contributed by atoms with E-state index in [2.05, 4.69) is 23.8 Å². The molecule has 0 saturated carbocycles. The lowest BCUT2D eigenvalue weighted by Crippen LogP contribution is -2.53. The van der Waals surface area contributed by atoms with Crippen molar-refractivity contribution in [1.82, 2.24) is 9.80 Å². The van der Waals surface area contributed by atoms with Crippen molar-refractivity contribution in [3.63, 3.8) is 0 Å². The number of nitrogens with two attached hydrogens (primary N) is 1. The van der Waals surface area contributed by atoms with Crippen LogP contribution in [-0.2, 0) is 4.79 Å². The van der Waals surface area contributed by atoms with Crippen LogP contribution in [0.4, 0.5) is 0 Å². The van der Waals surface area contributed by atoms with Gasteiger partial charge < -0.3 is 20.6 Å². The molecule has 0 spiro atoms. The van der Waals surface area contributed by atoms with Crippen LogP contribution >= 0.6 is 0 Å². The summed E-state index contributed by atoms with van der Waals surface area (Å²) in [6.07, 6.45) is 0.499. The highest BCUT2D eigenvalue weighted by molar-refractivity contribution is 5.77. The molecular weight excluding hydrogens is 206 g/mol. The summed E-state index contributed by atoms with van der Waals surface area (Å²) in [4.78, 5) is 15.5. The molecule has 16 heavy (non-hydrogen) atoms. The fourth-order valence-electron chi connectivity index (χ4n) is 1.82. The normalized spacial score (nSPS) is 27.6. The molecular formula is C11H23N3O2. The van der Waals surface area contributed by atoms with Gasteiger partial charge in [0.25, 0.3) is 0 Å². The number of hydrogen-bond acceptors (Lipinski definition) is 4. The van der Waals surface area contributed by atoms with Crippen molar-refractivity contribution >= 4 is 5.97 Å². The van der Waals surface area contributed by atoms with Crippen LogP contribution < -0.4 is 5.73 Å². The number of rotatable bonds is 4. The van der Waals surface area contributed by atoms with Crippen molar-refractivity contribution in [1.29, 1.82) is 0 Å². The lowest BCUT2D eigenvalue weighted by molar-refractivity contribution is -0.143. The second kappa shape index (κ2) is 5.12. The molecule has 1 aliphatic rings. The van der Waals surface area contributed by atoms with Crippen molar-refractivity contribution < 1.29 is 9.90 Å². The Morgan fingerprint density at radius 2 is 2.19 bits per heavy atom. The van der Waals surface area contributed by atoms with Gasteiger partial charge in [0.05, 0.1) is 0 Å². The maximum absolute atomic E-state index is 10.9. The van der Waals surface area contributed by atoms with Crippen LogP contribution in [0.2, 0.25) is 0 Å². The fraction of sp³-hybridized carbons (Fsp3) is 0.909. The Kier molecular flexibility index (Phi) is 4.29. The smallest absolute Gasteiger partial charge is 0.323 e. The minimum atomic E-state index is -1.10. The predicted molar refractivity (Wildman–Crippen MR) is 63.4 cm³/mol. The van der Waals surface area contributed by atoms with Gasteiger partial charge in [-0.25, -0.2) is 0 Å². The SMILES string of the molecule is CC1CN(CCC(C)(N)C(=O)O)CCN1C. The Balaban J connectivity index is 2.36. The van der Waals surface area contributed by atoms with Crippen molar-refractivity contribution in [3.8, 4) is 0 Å². The average molecular weight is 229 g/mol. The Bertz CT molecular complexity index is 256. The third-order valence-electron chi connectivity index (χ3n) is 3.48. The highest BCUT2D eigenvalue weighted by Gasteiger charge is 2.29. The van der Waals surface area contributed by atoms with Crippen LogP contribution in [0.25, 0.3) is 0 Å². The first-order chi connectivity index (χ1) is 7.33. The largest absolute Gasteiger partial charge is 0.480 e. The van der Waals surface area contributed by atoms with Crippen molar-refractivity contribution in [2.45, 2.75) is 31.8 Å². The summed E-state index contributed by atoms with van der Waals surface area (Å²) in [6, 6.07) is 0.530. The highest BCUT2D eigenvalue weighted by Crippen LogP contribution is 2.11. The molecule has 1 rings (SSSR count). The molecule has 2 atom stereocenters. The molecule has 0 bridgehead atoms. The van der Waals surface area contributed by atoms with Crippen molar-refractivity contribution in [2.75, 3.05) is 33.2 Å². The molecule has 5 nitrogen and oxygen atoms in total. The zero-order valence-corrected chi connectivity index (χ0v) is 10.4. The van der Waals surface area contributed by atoms with Gasteiger partial charge in [-0.2, -0.15) is 0 Å². The molecule has 1 saturated heterocycles. The Morgan fingerprint density at radius 1 is 1.56 bits per heavy atom. The molecule has 0 aliphatic carbocycles. The minimum Gasteiger partial charge on any atom is -0.480 e. The highest BCUT2D eigenvalue weighted by atomic mass is 16.4. The van der Waals surface area contributed by atoms with Crippen LogP contribution in [0.5, 0.6) is 0 Å². The number of carboxylic acids is 1. The van der Waals surface area contributed by atoms with Gasteiger partial charge in [0.2, 0.25) is 0 Å². The van der Waals surface area contributed by atoms with Crippen LogP contribution in [-0.4, -0.2) is 65.7 Å². The molecule has 1 fully saturated rings. The van der Waals surface area contributed by atoms with Crippen molar-refractivity contribution in [2.24, 2.45) is 5.73 Å². The first-order valence-corrected chi connectivity index (χ1v) is 5.78. The Labute approximate surface area is 97.2 Å². The van der Waals surface area contributed by atoms with E-state index in [9.17, 15) is 4.79 Å². The molecule has 2 unspecified atom stereocenters. The maximum atomic E-state index is 10.9. The maximum Gasteiger partial charge on any atom is 0.323 e. The van der Waals surface area contributed by atoms with E-state index in [0.29, 0.717) is 12.5 Å². The Hall–Kier alpha value is -0.650. The van der Waals surface area contributed by atoms with E-state index in [0.717, 1.165) is 26.2 Å². The van der Waals surface area contributed by atoms with Gasteiger partial charge >= 0.3 is 5.97 Å². The third kappa shape index (κ3) is 3.43. The van der Waals surface area contributed by atoms with E-state index in [1.165, 1.54) is 0 Å². The van der Waals surface area contributed by atoms with Crippen LogP contribution in [0, 0.1) is 0 Å². The molecule has 1 aliphatic heterocycles. The zero-order chi connectivity index (χ0) is 12.3. The summed E-state index contributed by atoms with van der Waals surface area (Å²) in [5, 5.41) is 8.91. The van der Waals surface area contributed by atoms with Gasteiger partial charge in [0.1, 0.15) is 5.54 Å². The standard InChI is InChI=1S/C11H23N3O2/c1-9-8-14(7-6-13(9)3)5-4-11(2,12)10(15)16/h9H,4-8,12H2,1-3H3,(H,15,16). The second-order valence-electron chi connectivity index (χ2n) is 5.10. The number of piperazine rings is 1. The van der Waals surface area contributed by atoms with Gasteiger partial charge in [0.15, 0.2) is 0 Å². The third-order valence-corrected chi connectivity index (χ3v) is 3.48. The molecule has 0 aromatic rings. The van der Waals surface area contributed by atoms with Crippen molar-refractivity contribution in [3.05, 3.63) is 0 Å². The zero-order valence-electron chi connectivity index (χ0n) is 10.4. The van der Waals surface area contributed by atoms with Gasteiger partial charge in [0, 0.05) is 32.2 Å². The molecule has 0 aromatic carbocycles. The molecule has 3 N–H and O–H groups in total. The van der Waals surface area contributed by atoms with E-state index in [-0.39, 0.29) is 0 Å². The summed E-state index contributed by atoms with van der Waals surface area (Å²) >= 11 is 0. The number of carboxylic acid groups (broad SMARTS) is 1. The van der Waals surface area contributed by atoms with E-state index >= 15 is 0 Å². The van der Waals surface area contributed by atoms with Crippen LogP contribution in [0.15, 0.2) is 0 Å². The monoisotopic (exact) mass is 229 g/mol. The van der Waals surface area contributed by atoms with E-state index in [1.54, 1.807) is 6.92 Å². The predicted octanol–water partition coefficient (Wildman–Crippen LogP) is -0.186. The minimum absolute atomic E-state index is 0.499. The number of hydrogen-bond donors (Lipinski definition) is 2. The number of aliphatic carboxylic acids is 1. The van der Waals surface area contributed by atoms with Gasteiger partial charge in [-0.1, -0.05) is 0 Å². The van der Waals surface area contributed by atoms with Crippen LogP contribution in [0.3, 0.4) is 0 Å². The number of carbonyl (C=O) groups is 1. The summed E-state index contributed by atoms with van der Waals surface area (Å²) in [7, 11) is 2.12. The quantitative estimate of drug-likeness (QED) is 0.699. The molecule has 0 radical (unpaired) electrons. The van der Waals surface area contributed by atoms with E-state index in [4.69, 9.17) is 10.8 Å². The molecule has 0 aromatic heterocycles. The first-order valence-electron chi connectivity index (χ1n) is 5.78. The summed E-state index contributed by atoms with van der Waals surface area (Å²) in [6.45, 7) is 7.55. The number of nitrogens with zero attached hydrogens (tertiary/aromatic N) is 2. The average Bonchev–Trinajstić information content (AvgIpc) is 2.20. The summed E-state index contributed by atoms with van der Waals surface area (Å²) < 4.78 is 0. The van der Waals surface area contributed by atoms with Gasteiger partial charge in [-0.3, -0.25) is 4.79 Å². The molecule has 94 valence electrons. The molecule has 1 heterocycles. The summed E-state index contributed by atoms with van der Waals surface area (Å²) in [5.74, 6) is -0.922. The molecule has 5 heteroatoms. The van der Waals surface area contributed by atoms with Crippen LogP contribution in [0.1, 0.15) is 20.3 Å². The summed E-state index contributed by atoms with van der Waals surface area (Å²) in [5.41, 5.74) is 4.60. The van der Waals surface area contributed by atoms with E-state index < -0.39 is 11.5 Å². The topological polar surface area (TPSA) is 69.8 Å². The lowest BCUT2D eigenvalue weighted by Gasteiger charge is -2.38. The lowest BCUT2D eigenvalue weighted by atomic mass is 9.99. The molecule has 0 amide bonds. The Morgan fingerprint density at radius 3 is 2.69 bits per heavy atom. The van der Waals surface area contributed by atoms with Gasteiger partial charge in [-0.15, -0.1) is 0 Å². The first kappa shape index (κ1) is 13.4. The van der Waals surface area contributed by atoms with E-state index in [1.807, 2.05) is 0 Å². The second-order valence-corrected chi connectivity index (χ2v) is 5.10.